The number of nitrogens with zero attached hydrogens (tertiary/aromatic N) is 2. The van der Waals surface area contributed by atoms with Crippen LogP contribution in [0.25, 0.3) is 0 Å². The second kappa shape index (κ2) is 6.34. The summed E-state index contributed by atoms with van der Waals surface area (Å²) in [5.41, 5.74) is 6.55. The van der Waals surface area contributed by atoms with Gasteiger partial charge in [-0.3, -0.25) is 4.98 Å². The van der Waals surface area contributed by atoms with E-state index in [1.54, 1.807) is 12.4 Å². The van der Waals surface area contributed by atoms with Crippen LogP contribution in [0, 0.1) is 0 Å². The zero-order valence-electron chi connectivity index (χ0n) is 8.61. The van der Waals surface area contributed by atoms with E-state index in [0.717, 1.165) is 25.3 Å². The summed E-state index contributed by atoms with van der Waals surface area (Å²) >= 11 is 0. The van der Waals surface area contributed by atoms with Crippen LogP contribution in [0.4, 0.5) is 5.69 Å². The first kappa shape index (κ1) is 10.9. The Morgan fingerprint density at radius 2 is 2.07 bits per heavy atom. The molecule has 0 aliphatic heterocycles. The van der Waals surface area contributed by atoms with E-state index in [0.29, 0.717) is 6.54 Å². The second-order valence-corrected chi connectivity index (χ2v) is 3.25. The van der Waals surface area contributed by atoms with Gasteiger partial charge in [-0.05, 0) is 19.2 Å². The molecule has 4 nitrogen and oxygen atoms in total. The largest absolute Gasteiger partial charge is 0.384 e. The molecular formula is C10H18N4. The fraction of sp³-hybridized carbons (Fsp3) is 0.500. The van der Waals surface area contributed by atoms with Crippen LogP contribution in [-0.4, -0.2) is 43.1 Å². The van der Waals surface area contributed by atoms with Crippen LogP contribution in [0.1, 0.15) is 0 Å². The molecular weight excluding hydrogens is 176 g/mol. The number of hydrogen-bond acceptors (Lipinski definition) is 4. The number of nitrogens with two attached hydrogens (primary N) is 1. The Bertz CT molecular complexity index is 237. The number of likely N-dealkylation sites (N-methyl/N-ethyl adjacent to an activating group) is 1. The van der Waals surface area contributed by atoms with Gasteiger partial charge >= 0.3 is 0 Å². The molecule has 1 heterocycles. The van der Waals surface area contributed by atoms with Gasteiger partial charge in [-0.2, -0.15) is 0 Å². The standard InChI is InChI=1S/C10H18N4/c1-14(8-4-11)9-7-13-10-2-5-12-6-3-10/h2-3,5-6H,4,7-9,11H2,1H3,(H,12,13). The number of pyridine rings is 1. The second-order valence-electron chi connectivity index (χ2n) is 3.25. The fourth-order valence-electron chi connectivity index (χ4n) is 1.19. The third kappa shape index (κ3) is 4.20. The first-order valence-electron chi connectivity index (χ1n) is 4.85. The van der Waals surface area contributed by atoms with E-state index in [4.69, 9.17) is 5.73 Å². The van der Waals surface area contributed by atoms with Crippen molar-refractivity contribution in [1.82, 2.24) is 9.88 Å². The average Bonchev–Trinajstić information content (AvgIpc) is 2.20. The quantitative estimate of drug-likeness (QED) is 0.687. The van der Waals surface area contributed by atoms with E-state index >= 15 is 0 Å². The molecule has 0 bridgehead atoms. The van der Waals surface area contributed by atoms with Gasteiger partial charge in [-0.1, -0.05) is 0 Å². The molecule has 0 aliphatic rings. The molecule has 78 valence electrons. The highest BCUT2D eigenvalue weighted by molar-refractivity contribution is 5.40. The number of rotatable bonds is 6. The van der Waals surface area contributed by atoms with Gasteiger partial charge < -0.3 is 16.0 Å². The van der Waals surface area contributed by atoms with E-state index in [1.807, 2.05) is 12.1 Å². The van der Waals surface area contributed by atoms with E-state index in [1.165, 1.54) is 0 Å². The topological polar surface area (TPSA) is 54.2 Å². The van der Waals surface area contributed by atoms with Crippen molar-refractivity contribution >= 4 is 5.69 Å². The van der Waals surface area contributed by atoms with Crippen LogP contribution in [0.5, 0.6) is 0 Å². The van der Waals surface area contributed by atoms with Crippen molar-refractivity contribution in [3.63, 3.8) is 0 Å². The Morgan fingerprint density at radius 3 is 2.71 bits per heavy atom. The summed E-state index contributed by atoms with van der Waals surface area (Å²) in [5, 5.41) is 3.31. The minimum Gasteiger partial charge on any atom is -0.384 e. The van der Waals surface area contributed by atoms with Gasteiger partial charge in [0.2, 0.25) is 0 Å². The lowest BCUT2D eigenvalue weighted by molar-refractivity contribution is 0.357. The summed E-state index contributed by atoms with van der Waals surface area (Å²) in [5.74, 6) is 0. The molecule has 4 heteroatoms. The van der Waals surface area contributed by atoms with Gasteiger partial charge in [0.1, 0.15) is 0 Å². The van der Waals surface area contributed by atoms with Crippen LogP contribution in [0.15, 0.2) is 24.5 Å². The average molecular weight is 194 g/mol. The van der Waals surface area contributed by atoms with Gasteiger partial charge in [-0.25, -0.2) is 0 Å². The summed E-state index contributed by atoms with van der Waals surface area (Å²) in [4.78, 5) is 6.15. The molecule has 0 aliphatic carbocycles. The number of hydrogen-bond donors (Lipinski definition) is 2. The molecule has 0 amide bonds. The van der Waals surface area contributed by atoms with Crippen LogP contribution in [-0.2, 0) is 0 Å². The van der Waals surface area contributed by atoms with Crippen molar-refractivity contribution in [3.05, 3.63) is 24.5 Å². The number of nitrogens with one attached hydrogen (secondary N) is 1. The van der Waals surface area contributed by atoms with E-state index in [-0.39, 0.29) is 0 Å². The smallest absolute Gasteiger partial charge is 0.0371 e. The Balaban J connectivity index is 2.16. The van der Waals surface area contributed by atoms with Gasteiger partial charge in [0.25, 0.3) is 0 Å². The van der Waals surface area contributed by atoms with Crippen molar-refractivity contribution < 1.29 is 0 Å². The lowest BCUT2D eigenvalue weighted by atomic mass is 10.4. The predicted molar refractivity (Wildman–Crippen MR) is 59.3 cm³/mol. The van der Waals surface area contributed by atoms with Crippen LogP contribution >= 0.6 is 0 Å². The highest BCUT2D eigenvalue weighted by atomic mass is 15.1. The van der Waals surface area contributed by atoms with E-state index in [2.05, 4.69) is 22.2 Å². The molecule has 1 rings (SSSR count). The molecule has 0 spiro atoms. The maximum atomic E-state index is 5.44. The summed E-state index contributed by atoms with van der Waals surface area (Å²) in [6.45, 7) is 3.59. The highest BCUT2D eigenvalue weighted by Gasteiger charge is 1.95. The first-order chi connectivity index (χ1) is 6.83. The van der Waals surface area contributed by atoms with Gasteiger partial charge in [0.05, 0.1) is 0 Å². The molecule has 0 aromatic carbocycles. The summed E-state index contributed by atoms with van der Waals surface area (Å²) in [6, 6.07) is 3.92. The third-order valence-corrected chi connectivity index (χ3v) is 2.01. The summed E-state index contributed by atoms with van der Waals surface area (Å²) in [6.07, 6.45) is 3.57. The molecule has 0 radical (unpaired) electrons. The minimum absolute atomic E-state index is 0.714. The SMILES string of the molecule is CN(CCN)CCNc1ccncc1. The zero-order chi connectivity index (χ0) is 10.2. The van der Waals surface area contributed by atoms with Crippen molar-refractivity contribution in [1.29, 1.82) is 0 Å². The highest BCUT2D eigenvalue weighted by Crippen LogP contribution is 2.01. The molecule has 0 unspecified atom stereocenters. The van der Waals surface area contributed by atoms with Crippen LogP contribution < -0.4 is 11.1 Å². The minimum atomic E-state index is 0.714. The summed E-state index contributed by atoms with van der Waals surface area (Å²) in [7, 11) is 2.07. The third-order valence-electron chi connectivity index (χ3n) is 2.01. The maximum absolute atomic E-state index is 5.44. The molecule has 0 saturated heterocycles. The van der Waals surface area contributed by atoms with Crippen LogP contribution in [0.2, 0.25) is 0 Å². The summed E-state index contributed by atoms with van der Waals surface area (Å²) < 4.78 is 0. The Morgan fingerprint density at radius 1 is 1.36 bits per heavy atom. The molecule has 1 aromatic heterocycles. The fourth-order valence-corrected chi connectivity index (χ4v) is 1.19. The van der Waals surface area contributed by atoms with Crippen molar-refractivity contribution in [2.24, 2.45) is 5.73 Å². The Kier molecular flexibility index (Phi) is 4.96. The molecule has 0 saturated carbocycles. The molecule has 0 fully saturated rings. The van der Waals surface area contributed by atoms with Gasteiger partial charge in [0, 0.05) is 44.3 Å². The van der Waals surface area contributed by atoms with Crippen molar-refractivity contribution in [2.45, 2.75) is 0 Å². The monoisotopic (exact) mass is 194 g/mol. The van der Waals surface area contributed by atoms with Crippen molar-refractivity contribution in [2.75, 3.05) is 38.5 Å². The lowest BCUT2D eigenvalue weighted by Crippen LogP contribution is -2.29. The maximum Gasteiger partial charge on any atom is 0.0371 e. The lowest BCUT2D eigenvalue weighted by Gasteiger charge is -2.15. The first-order valence-corrected chi connectivity index (χ1v) is 4.85. The predicted octanol–water partition coefficient (Wildman–Crippen LogP) is 0.384. The van der Waals surface area contributed by atoms with Gasteiger partial charge in [0.15, 0.2) is 0 Å². The Labute approximate surface area is 85.1 Å². The molecule has 1 aromatic rings. The van der Waals surface area contributed by atoms with E-state index in [9.17, 15) is 0 Å². The van der Waals surface area contributed by atoms with Crippen molar-refractivity contribution in [3.8, 4) is 0 Å². The zero-order valence-corrected chi connectivity index (χ0v) is 8.61. The van der Waals surface area contributed by atoms with Crippen LogP contribution in [0.3, 0.4) is 0 Å². The number of aromatic nitrogens is 1. The number of anilines is 1. The van der Waals surface area contributed by atoms with E-state index < -0.39 is 0 Å². The van der Waals surface area contributed by atoms with Gasteiger partial charge in [-0.15, -0.1) is 0 Å². The Hall–Kier alpha value is -1.13. The normalized spacial score (nSPS) is 10.5. The molecule has 3 N–H and O–H groups in total. The molecule has 0 atom stereocenters. The molecule has 14 heavy (non-hydrogen) atoms.